The third-order valence-corrected chi connectivity index (χ3v) is 3.71. The number of urea groups is 1. The van der Waals surface area contributed by atoms with E-state index in [1.54, 1.807) is 7.11 Å². The summed E-state index contributed by atoms with van der Waals surface area (Å²) in [5.41, 5.74) is -0.152. The Balaban J connectivity index is 1.81. The zero-order chi connectivity index (χ0) is 15.5. The van der Waals surface area contributed by atoms with Gasteiger partial charge in [-0.25, -0.2) is 14.5 Å². The van der Waals surface area contributed by atoms with Gasteiger partial charge in [0.2, 0.25) is 0 Å². The van der Waals surface area contributed by atoms with Gasteiger partial charge in [-0.3, -0.25) is 0 Å². The maximum Gasteiger partial charge on any atom is 0.315 e. The number of carbonyl (C=O) groups excluding carboxylic acids is 1. The molecule has 0 unspecified atom stereocenters. The first-order chi connectivity index (χ1) is 9.90. The summed E-state index contributed by atoms with van der Waals surface area (Å²) < 4.78 is 7.12. The summed E-state index contributed by atoms with van der Waals surface area (Å²) in [5, 5.41) is 10.0. The Morgan fingerprint density at radius 1 is 1.48 bits per heavy atom. The molecular formula is C14H25N5O2. The highest BCUT2D eigenvalue weighted by Gasteiger charge is 2.25. The third kappa shape index (κ3) is 4.17. The van der Waals surface area contributed by atoms with Crippen molar-refractivity contribution >= 4 is 6.03 Å². The number of ether oxygens (including phenoxy) is 1. The molecule has 1 aliphatic carbocycles. The molecule has 2 N–H and O–H groups in total. The second-order valence-electron chi connectivity index (χ2n) is 6.45. The van der Waals surface area contributed by atoms with E-state index in [2.05, 4.69) is 41.5 Å². The van der Waals surface area contributed by atoms with Crippen LogP contribution < -0.4 is 10.6 Å². The van der Waals surface area contributed by atoms with Gasteiger partial charge < -0.3 is 15.4 Å². The molecule has 1 aliphatic rings. The summed E-state index contributed by atoms with van der Waals surface area (Å²) in [5.74, 6) is 0.749. The van der Waals surface area contributed by atoms with Crippen LogP contribution in [-0.4, -0.2) is 40.1 Å². The highest BCUT2D eigenvalue weighted by atomic mass is 16.5. The fourth-order valence-corrected chi connectivity index (χ4v) is 2.63. The molecule has 0 radical (unpaired) electrons. The minimum atomic E-state index is -0.166. The number of nitrogens with zero attached hydrogens (tertiary/aromatic N) is 3. The fourth-order valence-electron chi connectivity index (χ4n) is 2.63. The number of amides is 2. The maximum atomic E-state index is 11.9. The lowest BCUT2D eigenvalue weighted by Gasteiger charge is -2.21. The first-order valence-electron chi connectivity index (χ1n) is 7.36. The van der Waals surface area contributed by atoms with Crippen LogP contribution in [-0.2, 0) is 16.8 Å². The van der Waals surface area contributed by atoms with E-state index in [0.29, 0.717) is 6.54 Å². The van der Waals surface area contributed by atoms with Gasteiger partial charge in [0.1, 0.15) is 12.2 Å². The molecule has 0 aliphatic heterocycles. The molecule has 1 aromatic rings. The van der Waals surface area contributed by atoms with Crippen LogP contribution in [0.25, 0.3) is 0 Å². The number of rotatable bonds is 4. The second-order valence-corrected chi connectivity index (χ2v) is 6.45. The molecule has 1 saturated carbocycles. The molecule has 1 fully saturated rings. The van der Waals surface area contributed by atoms with Gasteiger partial charge in [0, 0.05) is 13.2 Å². The molecule has 0 bridgehead atoms. The molecule has 2 amide bonds. The van der Waals surface area contributed by atoms with Crippen LogP contribution in [0.5, 0.6) is 0 Å². The molecule has 21 heavy (non-hydrogen) atoms. The zero-order valence-electron chi connectivity index (χ0n) is 13.2. The van der Waals surface area contributed by atoms with Crippen LogP contribution >= 0.6 is 0 Å². The first kappa shape index (κ1) is 15.8. The second kappa shape index (κ2) is 6.43. The number of hydrogen-bond donors (Lipinski definition) is 2. The van der Waals surface area contributed by atoms with Gasteiger partial charge in [0.05, 0.1) is 18.2 Å². The van der Waals surface area contributed by atoms with Gasteiger partial charge in [0.15, 0.2) is 0 Å². The summed E-state index contributed by atoms with van der Waals surface area (Å²) in [6.45, 7) is 6.52. The Labute approximate surface area is 125 Å². The largest absolute Gasteiger partial charge is 0.381 e. The van der Waals surface area contributed by atoms with Crippen LogP contribution in [0.2, 0.25) is 0 Å². The van der Waals surface area contributed by atoms with Crippen molar-refractivity contribution in [2.45, 2.75) is 64.3 Å². The van der Waals surface area contributed by atoms with E-state index in [1.807, 2.05) is 4.68 Å². The average Bonchev–Trinajstić information content (AvgIpc) is 3.03. The van der Waals surface area contributed by atoms with Crippen LogP contribution in [0.4, 0.5) is 4.79 Å². The molecule has 0 spiro atoms. The van der Waals surface area contributed by atoms with Gasteiger partial charge in [-0.2, -0.15) is 5.10 Å². The summed E-state index contributed by atoms with van der Waals surface area (Å²) in [4.78, 5) is 16.1. The highest BCUT2D eigenvalue weighted by Crippen LogP contribution is 2.21. The van der Waals surface area contributed by atoms with Crippen LogP contribution in [0, 0.1) is 0 Å². The van der Waals surface area contributed by atoms with Crippen molar-refractivity contribution in [3.05, 3.63) is 12.2 Å². The molecular weight excluding hydrogens is 270 g/mol. The quantitative estimate of drug-likeness (QED) is 0.880. The van der Waals surface area contributed by atoms with Crippen molar-refractivity contribution in [2.24, 2.45) is 0 Å². The fraction of sp³-hybridized carbons (Fsp3) is 0.786. The molecule has 2 rings (SSSR count). The van der Waals surface area contributed by atoms with E-state index in [0.717, 1.165) is 25.1 Å². The van der Waals surface area contributed by atoms with Crippen LogP contribution in [0.1, 0.15) is 45.9 Å². The lowest BCUT2D eigenvalue weighted by Crippen LogP contribution is -2.41. The van der Waals surface area contributed by atoms with E-state index in [9.17, 15) is 4.79 Å². The van der Waals surface area contributed by atoms with Crippen molar-refractivity contribution in [3.8, 4) is 0 Å². The summed E-state index contributed by atoms with van der Waals surface area (Å²) in [6, 6.07) is 0.0237. The molecule has 7 heteroatoms. The molecule has 2 atom stereocenters. The highest BCUT2D eigenvalue weighted by molar-refractivity contribution is 5.74. The predicted octanol–water partition coefficient (Wildman–Crippen LogP) is 1.40. The Morgan fingerprint density at radius 3 is 2.86 bits per heavy atom. The molecule has 1 aromatic heterocycles. The number of aromatic nitrogens is 3. The normalized spacial score (nSPS) is 22.3. The van der Waals surface area contributed by atoms with Gasteiger partial charge >= 0.3 is 6.03 Å². The smallest absolute Gasteiger partial charge is 0.315 e. The average molecular weight is 295 g/mol. The monoisotopic (exact) mass is 295 g/mol. The van der Waals surface area contributed by atoms with Crippen molar-refractivity contribution in [1.29, 1.82) is 0 Å². The Morgan fingerprint density at radius 2 is 2.24 bits per heavy atom. The number of nitrogens with one attached hydrogen (secondary N) is 2. The zero-order valence-corrected chi connectivity index (χ0v) is 13.2. The number of carbonyl (C=O) groups is 1. The van der Waals surface area contributed by atoms with E-state index >= 15 is 0 Å². The third-order valence-electron chi connectivity index (χ3n) is 3.71. The molecule has 0 aromatic carbocycles. The van der Waals surface area contributed by atoms with E-state index in [4.69, 9.17) is 4.74 Å². The lowest BCUT2D eigenvalue weighted by molar-refractivity contribution is 0.107. The summed E-state index contributed by atoms with van der Waals surface area (Å²) >= 11 is 0. The number of hydrogen-bond acceptors (Lipinski definition) is 4. The van der Waals surface area contributed by atoms with E-state index in [1.165, 1.54) is 6.33 Å². The number of methoxy groups -OCH3 is 1. The SMILES string of the molecule is CO[C@@H]1CC[C@H](NC(=O)NCc2ncnn2C(C)(C)C)C1. The van der Waals surface area contributed by atoms with Gasteiger partial charge in [-0.1, -0.05) is 0 Å². The Hall–Kier alpha value is -1.63. The molecule has 0 saturated heterocycles. The Bertz CT molecular complexity index is 480. The van der Waals surface area contributed by atoms with E-state index < -0.39 is 0 Å². The van der Waals surface area contributed by atoms with Crippen molar-refractivity contribution in [2.75, 3.05) is 7.11 Å². The topological polar surface area (TPSA) is 81.1 Å². The molecule has 118 valence electrons. The predicted molar refractivity (Wildman–Crippen MR) is 78.8 cm³/mol. The van der Waals surface area contributed by atoms with E-state index in [-0.39, 0.29) is 23.7 Å². The lowest BCUT2D eigenvalue weighted by atomic mass is 10.1. The minimum absolute atomic E-state index is 0.152. The van der Waals surface area contributed by atoms with Gasteiger partial charge in [-0.15, -0.1) is 0 Å². The minimum Gasteiger partial charge on any atom is -0.381 e. The maximum absolute atomic E-state index is 11.9. The summed E-state index contributed by atoms with van der Waals surface area (Å²) in [7, 11) is 1.71. The summed E-state index contributed by atoms with van der Waals surface area (Å²) in [6.07, 6.45) is 4.62. The standard InChI is InChI=1S/C14H25N5O2/c1-14(2,3)19-12(16-9-17-19)8-15-13(20)18-10-5-6-11(7-10)21-4/h9-11H,5-8H2,1-4H3,(H2,15,18,20)/t10-,11+/m0/s1. The van der Waals surface area contributed by atoms with Gasteiger partial charge in [-0.05, 0) is 40.0 Å². The molecule has 7 nitrogen and oxygen atoms in total. The van der Waals surface area contributed by atoms with Crippen molar-refractivity contribution in [3.63, 3.8) is 0 Å². The first-order valence-corrected chi connectivity index (χ1v) is 7.36. The van der Waals surface area contributed by atoms with Crippen LogP contribution in [0.15, 0.2) is 6.33 Å². The molecule has 1 heterocycles. The van der Waals surface area contributed by atoms with Crippen molar-refractivity contribution < 1.29 is 9.53 Å². The van der Waals surface area contributed by atoms with Crippen LogP contribution in [0.3, 0.4) is 0 Å². The Kier molecular flexibility index (Phi) is 4.82. The van der Waals surface area contributed by atoms with Crippen molar-refractivity contribution in [1.82, 2.24) is 25.4 Å². The van der Waals surface area contributed by atoms with Gasteiger partial charge in [0.25, 0.3) is 0 Å².